The van der Waals surface area contributed by atoms with Gasteiger partial charge in [0, 0.05) is 13.1 Å². The molecule has 3 heterocycles. The number of rotatable bonds is 3. The SMILES string of the molecule is Cc1nc(Nc2nc3ccccc3o2)nc(C)c1C(=O)N1CCC(C)CC1. The number of likely N-dealkylation sites (tertiary alicyclic amines) is 1. The Morgan fingerprint density at radius 3 is 2.44 bits per heavy atom. The first-order valence-electron chi connectivity index (χ1n) is 9.28. The van der Waals surface area contributed by atoms with E-state index in [1.165, 1.54) is 0 Å². The molecule has 7 heteroatoms. The number of oxazole rings is 1. The molecular formula is C20H23N5O2. The molecule has 1 aliphatic rings. The molecule has 1 amide bonds. The largest absolute Gasteiger partial charge is 0.423 e. The van der Waals surface area contributed by atoms with Gasteiger partial charge in [-0.2, -0.15) is 4.98 Å². The van der Waals surface area contributed by atoms with Gasteiger partial charge in [0.05, 0.1) is 17.0 Å². The van der Waals surface area contributed by atoms with Crippen LogP contribution in [0.3, 0.4) is 0 Å². The van der Waals surface area contributed by atoms with Crippen molar-refractivity contribution < 1.29 is 9.21 Å². The fraction of sp³-hybridized carbons (Fsp3) is 0.400. The van der Waals surface area contributed by atoms with Crippen molar-refractivity contribution in [3.05, 3.63) is 41.2 Å². The number of hydrogen-bond donors (Lipinski definition) is 1. The molecular weight excluding hydrogens is 342 g/mol. The van der Waals surface area contributed by atoms with Crippen LogP contribution in [-0.2, 0) is 0 Å². The molecule has 1 aliphatic heterocycles. The summed E-state index contributed by atoms with van der Waals surface area (Å²) in [5, 5.41) is 3.00. The van der Waals surface area contributed by atoms with E-state index in [1.807, 2.05) is 43.0 Å². The van der Waals surface area contributed by atoms with Crippen LogP contribution in [0.4, 0.5) is 12.0 Å². The van der Waals surface area contributed by atoms with E-state index < -0.39 is 0 Å². The van der Waals surface area contributed by atoms with Gasteiger partial charge >= 0.3 is 6.01 Å². The van der Waals surface area contributed by atoms with Gasteiger partial charge in [0.25, 0.3) is 5.91 Å². The van der Waals surface area contributed by atoms with Gasteiger partial charge in [-0.05, 0) is 44.7 Å². The summed E-state index contributed by atoms with van der Waals surface area (Å²) >= 11 is 0. The van der Waals surface area contributed by atoms with E-state index in [4.69, 9.17) is 4.42 Å². The number of fused-ring (bicyclic) bond motifs is 1. The van der Waals surface area contributed by atoms with Gasteiger partial charge in [-0.1, -0.05) is 19.1 Å². The average Bonchev–Trinajstić information content (AvgIpc) is 3.03. The minimum atomic E-state index is 0.0188. The second kappa shape index (κ2) is 6.98. The van der Waals surface area contributed by atoms with Crippen LogP contribution in [0, 0.1) is 19.8 Å². The fourth-order valence-corrected chi connectivity index (χ4v) is 3.47. The smallest absolute Gasteiger partial charge is 0.302 e. The van der Waals surface area contributed by atoms with Gasteiger partial charge in [-0.3, -0.25) is 10.1 Å². The predicted molar refractivity (Wildman–Crippen MR) is 103 cm³/mol. The highest BCUT2D eigenvalue weighted by molar-refractivity contribution is 5.96. The average molecular weight is 365 g/mol. The molecule has 7 nitrogen and oxygen atoms in total. The third-order valence-corrected chi connectivity index (χ3v) is 5.07. The van der Waals surface area contributed by atoms with Crippen LogP contribution in [0.2, 0.25) is 0 Å². The molecule has 1 N–H and O–H groups in total. The second-order valence-electron chi connectivity index (χ2n) is 7.18. The summed E-state index contributed by atoms with van der Waals surface area (Å²) in [6.07, 6.45) is 2.09. The molecule has 0 bridgehead atoms. The molecule has 27 heavy (non-hydrogen) atoms. The summed E-state index contributed by atoms with van der Waals surface area (Å²) in [7, 11) is 0. The summed E-state index contributed by atoms with van der Waals surface area (Å²) in [5.74, 6) is 1.07. The Bertz CT molecular complexity index is 933. The summed E-state index contributed by atoms with van der Waals surface area (Å²) in [4.78, 5) is 28.1. The van der Waals surface area contributed by atoms with E-state index in [1.54, 1.807) is 0 Å². The van der Waals surface area contributed by atoms with E-state index in [-0.39, 0.29) is 5.91 Å². The monoisotopic (exact) mass is 365 g/mol. The van der Waals surface area contributed by atoms with Crippen molar-refractivity contribution in [1.82, 2.24) is 19.9 Å². The molecule has 1 saturated heterocycles. The molecule has 1 fully saturated rings. The number of amides is 1. The molecule has 3 aromatic rings. The minimum absolute atomic E-state index is 0.0188. The third-order valence-electron chi connectivity index (χ3n) is 5.07. The number of carbonyl (C=O) groups is 1. The van der Waals surface area contributed by atoms with Crippen molar-refractivity contribution in [1.29, 1.82) is 0 Å². The zero-order chi connectivity index (χ0) is 19.0. The Labute approximate surface area is 157 Å². The third kappa shape index (κ3) is 3.49. The maximum Gasteiger partial charge on any atom is 0.302 e. The lowest BCUT2D eigenvalue weighted by atomic mass is 9.98. The highest BCUT2D eigenvalue weighted by atomic mass is 16.4. The summed E-state index contributed by atoms with van der Waals surface area (Å²) in [5.41, 5.74) is 3.36. The topological polar surface area (TPSA) is 84.1 Å². The summed E-state index contributed by atoms with van der Waals surface area (Å²) in [6, 6.07) is 7.86. The summed E-state index contributed by atoms with van der Waals surface area (Å²) < 4.78 is 5.66. The Morgan fingerprint density at radius 1 is 1.11 bits per heavy atom. The van der Waals surface area contributed by atoms with Crippen LogP contribution in [0.5, 0.6) is 0 Å². The molecule has 0 radical (unpaired) electrons. The Morgan fingerprint density at radius 2 is 1.78 bits per heavy atom. The van der Waals surface area contributed by atoms with E-state index in [9.17, 15) is 4.79 Å². The predicted octanol–water partition coefficient (Wildman–Crippen LogP) is 3.85. The molecule has 4 rings (SSSR count). The first-order chi connectivity index (χ1) is 13.0. The highest BCUT2D eigenvalue weighted by Crippen LogP contribution is 2.23. The number of nitrogens with one attached hydrogen (secondary N) is 1. The van der Waals surface area contributed by atoms with Crippen molar-refractivity contribution in [3.8, 4) is 0 Å². The lowest BCUT2D eigenvalue weighted by Gasteiger charge is -2.30. The maximum absolute atomic E-state index is 12.9. The fourth-order valence-electron chi connectivity index (χ4n) is 3.47. The number of anilines is 2. The lowest BCUT2D eigenvalue weighted by Crippen LogP contribution is -2.38. The Balaban J connectivity index is 1.57. The maximum atomic E-state index is 12.9. The van der Waals surface area contributed by atoms with Crippen molar-refractivity contribution in [3.63, 3.8) is 0 Å². The van der Waals surface area contributed by atoms with Gasteiger partial charge in [-0.25, -0.2) is 9.97 Å². The van der Waals surface area contributed by atoms with Crippen molar-refractivity contribution in [2.24, 2.45) is 5.92 Å². The number of aryl methyl sites for hydroxylation is 2. The zero-order valence-electron chi connectivity index (χ0n) is 15.8. The van der Waals surface area contributed by atoms with Crippen LogP contribution >= 0.6 is 0 Å². The number of benzene rings is 1. The second-order valence-corrected chi connectivity index (χ2v) is 7.18. The molecule has 0 spiro atoms. The molecule has 0 saturated carbocycles. The lowest BCUT2D eigenvalue weighted by molar-refractivity contribution is 0.0694. The van der Waals surface area contributed by atoms with Gasteiger partial charge in [0.2, 0.25) is 5.95 Å². The normalized spacial score (nSPS) is 15.3. The number of nitrogens with zero attached hydrogens (tertiary/aromatic N) is 4. The zero-order valence-corrected chi connectivity index (χ0v) is 15.8. The standard InChI is InChI=1S/C20H23N5O2/c1-12-8-10-25(11-9-12)18(26)17-13(2)21-19(22-14(17)3)24-20-23-15-6-4-5-7-16(15)27-20/h4-7,12H,8-11H2,1-3H3,(H,21,22,23,24). The van der Waals surface area contributed by atoms with Crippen molar-refractivity contribution in [2.75, 3.05) is 18.4 Å². The molecule has 140 valence electrons. The van der Waals surface area contributed by atoms with Crippen molar-refractivity contribution >= 4 is 29.0 Å². The van der Waals surface area contributed by atoms with Crippen LogP contribution in [0.15, 0.2) is 28.7 Å². The van der Waals surface area contributed by atoms with E-state index in [2.05, 4.69) is 27.2 Å². The van der Waals surface area contributed by atoms with Crippen LogP contribution in [0.25, 0.3) is 11.1 Å². The molecule has 0 atom stereocenters. The number of aromatic nitrogens is 3. The van der Waals surface area contributed by atoms with Gasteiger partial charge in [0.1, 0.15) is 5.52 Å². The quantitative estimate of drug-likeness (QED) is 0.759. The van der Waals surface area contributed by atoms with Crippen LogP contribution in [-0.4, -0.2) is 38.8 Å². The number of piperidine rings is 1. The van der Waals surface area contributed by atoms with Gasteiger partial charge in [0.15, 0.2) is 5.58 Å². The molecule has 0 aliphatic carbocycles. The minimum Gasteiger partial charge on any atom is -0.423 e. The van der Waals surface area contributed by atoms with Crippen molar-refractivity contribution in [2.45, 2.75) is 33.6 Å². The van der Waals surface area contributed by atoms with E-state index in [0.29, 0.717) is 40.4 Å². The van der Waals surface area contributed by atoms with E-state index in [0.717, 1.165) is 31.4 Å². The number of para-hydroxylation sites is 2. The molecule has 2 aromatic heterocycles. The van der Waals surface area contributed by atoms with Gasteiger partial charge in [-0.15, -0.1) is 0 Å². The first-order valence-corrected chi connectivity index (χ1v) is 9.28. The summed E-state index contributed by atoms with van der Waals surface area (Å²) in [6.45, 7) is 7.50. The van der Waals surface area contributed by atoms with E-state index >= 15 is 0 Å². The van der Waals surface area contributed by atoms with Crippen LogP contribution in [0.1, 0.15) is 41.5 Å². The number of carbonyl (C=O) groups excluding carboxylic acids is 1. The first kappa shape index (κ1) is 17.5. The molecule has 1 aromatic carbocycles. The van der Waals surface area contributed by atoms with Gasteiger partial charge < -0.3 is 9.32 Å². The number of hydrogen-bond acceptors (Lipinski definition) is 6. The Hall–Kier alpha value is -2.96. The highest BCUT2D eigenvalue weighted by Gasteiger charge is 2.25. The Kier molecular flexibility index (Phi) is 4.51. The molecule has 0 unspecified atom stereocenters. The van der Waals surface area contributed by atoms with Crippen LogP contribution < -0.4 is 5.32 Å².